The Morgan fingerprint density at radius 2 is 2.06 bits per heavy atom. The summed E-state index contributed by atoms with van der Waals surface area (Å²) in [5.74, 6) is -0.442. The molecule has 2 aromatic heterocycles. The highest BCUT2D eigenvalue weighted by atomic mass is 35.5. The molecule has 1 atom stereocenters. The van der Waals surface area contributed by atoms with E-state index < -0.39 is 0 Å². The first-order valence-electron chi connectivity index (χ1n) is 10.4. The van der Waals surface area contributed by atoms with Gasteiger partial charge in [-0.05, 0) is 44.0 Å². The average molecular weight is 458 g/mol. The first kappa shape index (κ1) is 21.6. The van der Waals surface area contributed by atoms with Crippen LogP contribution in [-0.2, 0) is 20.9 Å². The van der Waals surface area contributed by atoms with E-state index >= 15 is 0 Å². The van der Waals surface area contributed by atoms with Gasteiger partial charge in [0.2, 0.25) is 5.91 Å². The summed E-state index contributed by atoms with van der Waals surface area (Å²) in [6, 6.07) is 11.5. The number of aromatic nitrogens is 2. The number of amides is 1. The van der Waals surface area contributed by atoms with Crippen molar-refractivity contribution in [2.45, 2.75) is 26.3 Å². The minimum Gasteiger partial charge on any atom is -0.466 e. The molecule has 1 aliphatic heterocycles. The molecule has 1 saturated heterocycles. The number of likely N-dealkylation sites (tertiary alicyclic amines) is 1. The van der Waals surface area contributed by atoms with Crippen LogP contribution in [0.5, 0.6) is 0 Å². The van der Waals surface area contributed by atoms with Gasteiger partial charge in [-0.15, -0.1) is 11.3 Å². The van der Waals surface area contributed by atoms with Gasteiger partial charge in [-0.3, -0.25) is 9.59 Å². The lowest BCUT2D eigenvalue weighted by Crippen LogP contribution is -2.44. The number of hydrogen-bond donors (Lipinski definition) is 0. The second kappa shape index (κ2) is 9.66. The molecule has 31 heavy (non-hydrogen) atoms. The van der Waals surface area contributed by atoms with E-state index in [9.17, 15) is 9.59 Å². The van der Waals surface area contributed by atoms with Crippen LogP contribution in [0.2, 0.25) is 5.02 Å². The molecular weight excluding hydrogens is 434 g/mol. The fourth-order valence-corrected chi connectivity index (χ4v) is 4.79. The van der Waals surface area contributed by atoms with Gasteiger partial charge >= 0.3 is 5.97 Å². The number of esters is 1. The predicted octanol–water partition coefficient (Wildman–Crippen LogP) is 4.73. The zero-order valence-corrected chi connectivity index (χ0v) is 18.9. The fraction of sp³-hybridized carbons (Fsp3) is 0.348. The van der Waals surface area contributed by atoms with E-state index in [1.807, 2.05) is 52.5 Å². The molecule has 0 radical (unpaired) electrons. The number of hydrogen-bond acceptors (Lipinski definition) is 5. The summed E-state index contributed by atoms with van der Waals surface area (Å²) in [6.45, 7) is 3.47. The number of halogens is 1. The Hall–Kier alpha value is -2.64. The minimum atomic E-state index is -0.234. The molecule has 4 rings (SSSR count). The Morgan fingerprint density at radius 3 is 2.84 bits per heavy atom. The molecule has 3 heterocycles. The van der Waals surface area contributed by atoms with Crippen LogP contribution in [0, 0.1) is 5.92 Å². The predicted molar refractivity (Wildman–Crippen MR) is 122 cm³/mol. The van der Waals surface area contributed by atoms with Crippen molar-refractivity contribution in [2.75, 3.05) is 19.7 Å². The van der Waals surface area contributed by atoms with Crippen LogP contribution in [0.25, 0.3) is 22.0 Å². The van der Waals surface area contributed by atoms with Crippen molar-refractivity contribution in [3.8, 4) is 22.0 Å². The third-order valence-electron chi connectivity index (χ3n) is 5.39. The quantitative estimate of drug-likeness (QED) is 0.502. The number of benzene rings is 1. The van der Waals surface area contributed by atoms with Crippen LogP contribution < -0.4 is 0 Å². The molecule has 1 aromatic carbocycles. The second-order valence-electron chi connectivity index (χ2n) is 7.50. The normalized spacial score (nSPS) is 16.3. The van der Waals surface area contributed by atoms with Crippen LogP contribution in [0.4, 0.5) is 0 Å². The van der Waals surface area contributed by atoms with Crippen molar-refractivity contribution < 1.29 is 14.3 Å². The van der Waals surface area contributed by atoms with Gasteiger partial charge in [0.25, 0.3) is 0 Å². The lowest BCUT2D eigenvalue weighted by molar-refractivity contribution is -0.151. The molecule has 0 aliphatic carbocycles. The van der Waals surface area contributed by atoms with Crippen LogP contribution in [0.1, 0.15) is 19.8 Å². The number of nitrogens with zero attached hydrogens (tertiary/aromatic N) is 3. The monoisotopic (exact) mass is 457 g/mol. The highest BCUT2D eigenvalue weighted by Gasteiger charge is 2.29. The standard InChI is InChI=1S/C23H24ClN3O3S/c1-2-30-23(29)17-5-3-12-27(13-17)21(28)14-26-11-4-6-20(26)22-25-19(15-31-22)16-7-9-18(24)10-8-16/h4,6-11,15,17H,2-3,5,12-14H2,1H3. The SMILES string of the molecule is CCOC(=O)C1CCCN(C(=O)Cn2cccc2-c2nc(-c3ccc(Cl)cc3)cs2)C1. The summed E-state index contributed by atoms with van der Waals surface area (Å²) >= 11 is 7.52. The van der Waals surface area contributed by atoms with E-state index in [0.717, 1.165) is 34.8 Å². The number of ether oxygens (including phenoxy) is 1. The second-order valence-corrected chi connectivity index (χ2v) is 8.79. The van der Waals surface area contributed by atoms with Crippen LogP contribution in [-0.4, -0.2) is 46.0 Å². The summed E-state index contributed by atoms with van der Waals surface area (Å²) in [5, 5.41) is 3.55. The van der Waals surface area contributed by atoms with Crippen molar-refractivity contribution in [3.63, 3.8) is 0 Å². The number of thiazole rings is 1. The van der Waals surface area contributed by atoms with Crippen molar-refractivity contribution in [1.29, 1.82) is 0 Å². The number of carbonyl (C=O) groups is 2. The topological polar surface area (TPSA) is 64.4 Å². The Labute approximate surface area is 190 Å². The third kappa shape index (κ3) is 4.99. The smallest absolute Gasteiger partial charge is 0.310 e. The Kier molecular flexibility index (Phi) is 6.73. The number of rotatable bonds is 6. The van der Waals surface area contributed by atoms with E-state index in [-0.39, 0.29) is 24.3 Å². The molecule has 0 bridgehead atoms. The molecule has 162 valence electrons. The Morgan fingerprint density at radius 1 is 1.26 bits per heavy atom. The van der Waals surface area contributed by atoms with E-state index in [1.165, 1.54) is 0 Å². The Bertz CT molecular complexity index is 1060. The first-order valence-corrected chi connectivity index (χ1v) is 11.6. The van der Waals surface area contributed by atoms with Crippen molar-refractivity contribution >= 4 is 34.8 Å². The zero-order valence-electron chi connectivity index (χ0n) is 17.3. The molecule has 8 heteroatoms. The molecule has 1 aliphatic rings. The number of piperidine rings is 1. The lowest BCUT2D eigenvalue weighted by atomic mass is 9.98. The summed E-state index contributed by atoms with van der Waals surface area (Å²) < 4.78 is 7.06. The van der Waals surface area contributed by atoms with Gasteiger partial charge in [-0.1, -0.05) is 23.7 Å². The van der Waals surface area contributed by atoms with Crippen molar-refractivity contribution in [2.24, 2.45) is 5.92 Å². The maximum atomic E-state index is 13.0. The summed E-state index contributed by atoms with van der Waals surface area (Å²) in [7, 11) is 0. The van der Waals surface area contributed by atoms with Gasteiger partial charge in [0, 0.05) is 35.3 Å². The van der Waals surface area contributed by atoms with Gasteiger partial charge in [0.05, 0.1) is 23.9 Å². The Balaban J connectivity index is 1.46. The summed E-state index contributed by atoms with van der Waals surface area (Å²) in [4.78, 5) is 31.6. The molecule has 1 fully saturated rings. The maximum Gasteiger partial charge on any atom is 0.310 e. The van der Waals surface area contributed by atoms with Crippen LogP contribution in [0.3, 0.4) is 0 Å². The van der Waals surface area contributed by atoms with Gasteiger partial charge in [0.1, 0.15) is 11.6 Å². The van der Waals surface area contributed by atoms with Crippen LogP contribution in [0.15, 0.2) is 48.0 Å². The zero-order chi connectivity index (χ0) is 21.8. The van der Waals surface area contributed by atoms with Crippen molar-refractivity contribution in [1.82, 2.24) is 14.5 Å². The van der Waals surface area contributed by atoms with E-state index in [1.54, 1.807) is 23.2 Å². The molecule has 6 nitrogen and oxygen atoms in total. The summed E-state index contributed by atoms with van der Waals surface area (Å²) in [6.07, 6.45) is 3.47. The van der Waals surface area contributed by atoms with Gasteiger partial charge in [-0.2, -0.15) is 0 Å². The maximum absolute atomic E-state index is 13.0. The highest BCUT2D eigenvalue weighted by Crippen LogP contribution is 2.30. The average Bonchev–Trinajstić information content (AvgIpc) is 3.44. The molecule has 0 spiro atoms. The van der Waals surface area contributed by atoms with Crippen molar-refractivity contribution in [3.05, 3.63) is 53.0 Å². The van der Waals surface area contributed by atoms with E-state index in [0.29, 0.717) is 24.7 Å². The summed E-state index contributed by atoms with van der Waals surface area (Å²) in [5.41, 5.74) is 2.78. The number of carbonyl (C=O) groups excluding carboxylic acids is 2. The largest absolute Gasteiger partial charge is 0.466 e. The first-order chi connectivity index (χ1) is 15.0. The molecule has 1 unspecified atom stereocenters. The molecule has 3 aromatic rings. The minimum absolute atomic E-state index is 0.000860. The molecule has 0 saturated carbocycles. The van der Waals surface area contributed by atoms with Crippen LogP contribution >= 0.6 is 22.9 Å². The molecule has 1 amide bonds. The fourth-order valence-electron chi connectivity index (χ4n) is 3.79. The highest BCUT2D eigenvalue weighted by molar-refractivity contribution is 7.13. The van der Waals surface area contributed by atoms with Gasteiger partial charge in [-0.25, -0.2) is 4.98 Å². The van der Waals surface area contributed by atoms with E-state index in [2.05, 4.69) is 0 Å². The molecule has 0 N–H and O–H groups in total. The third-order valence-corrected chi connectivity index (χ3v) is 6.51. The lowest BCUT2D eigenvalue weighted by Gasteiger charge is -2.31. The van der Waals surface area contributed by atoms with E-state index in [4.69, 9.17) is 21.3 Å². The van der Waals surface area contributed by atoms with Gasteiger partial charge in [0.15, 0.2) is 0 Å². The molecular formula is C23H24ClN3O3S. The van der Waals surface area contributed by atoms with Gasteiger partial charge < -0.3 is 14.2 Å².